The quantitative estimate of drug-likeness (QED) is 0.518. The molecule has 0 aromatic heterocycles. The summed E-state index contributed by atoms with van der Waals surface area (Å²) in [5.41, 5.74) is 2.00. The number of aryl methyl sites for hydroxylation is 1. The van der Waals surface area contributed by atoms with Gasteiger partial charge in [-0.25, -0.2) is 0 Å². The van der Waals surface area contributed by atoms with Gasteiger partial charge >= 0.3 is 0 Å². The molecule has 0 bridgehead atoms. The maximum atomic E-state index is 12.4. The SMILES string of the molecule is COC[C@H](CC(=O)c1ccc(SC)c(C)c1)CC(C)C. The van der Waals surface area contributed by atoms with Gasteiger partial charge in [0.25, 0.3) is 0 Å². The second-order valence-corrected chi connectivity index (χ2v) is 6.61. The summed E-state index contributed by atoms with van der Waals surface area (Å²) in [6, 6.07) is 5.99. The van der Waals surface area contributed by atoms with E-state index in [0.717, 1.165) is 12.0 Å². The normalized spacial score (nSPS) is 12.7. The molecule has 0 N–H and O–H groups in total. The molecule has 1 aromatic carbocycles. The summed E-state index contributed by atoms with van der Waals surface area (Å²) in [7, 11) is 1.70. The highest BCUT2D eigenvalue weighted by atomic mass is 32.2. The summed E-state index contributed by atoms with van der Waals surface area (Å²) in [6.45, 7) is 7.09. The van der Waals surface area contributed by atoms with E-state index < -0.39 is 0 Å². The lowest BCUT2D eigenvalue weighted by Gasteiger charge is -2.17. The van der Waals surface area contributed by atoms with E-state index in [4.69, 9.17) is 4.74 Å². The molecule has 1 atom stereocenters. The zero-order chi connectivity index (χ0) is 15.1. The molecule has 2 nitrogen and oxygen atoms in total. The van der Waals surface area contributed by atoms with E-state index >= 15 is 0 Å². The monoisotopic (exact) mass is 294 g/mol. The van der Waals surface area contributed by atoms with Crippen LogP contribution in [0.1, 0.15) is 42.6 Å². The van der Waals surface area contributed by atoms with E-state index in [-0.39, 0.29) is 5.78 Å². The van der Waals surface area contributed by atoms with Crippen molar-refractivity contribution >= 4 is 17.5 Å². The summed E-state index contributed by atoms with van der Waals surface area (Å²) in [4.78, 5) is 13.6. The summed E-state index contributed by atoms with van der Waals surface area (Å²) in [5, 5.41) is 0. The van der Waals surface area contributed by atoms with E-state index in [0.29, 0.717) is 24.9 Å². The topological polar surface area (TPSA) is 26.3 Å². The average Bonchev–Trinajstić information content (AvgIpc) is 2.38. The first kappa shape index (κ1) is 17.3. The molecule has 0 aliphatic heterocycles. The molecule has 0 spiro atoms. The van der Waals surface area contributed by atoms with Gasteiger partial charge in [0.2, 0.25) is 0 Å². The van der Waals surface area contributed by atoms with Crippen molar-refractivity contribution in [1.82, 2.24) is 0 Å². The van der Waals surface area contributed by atoms with Crippen LogP contribution in [0.3, 0.4) is 0 Å². The lowest BCUT2D eigenvalue weighted by atomic mass is 9.91. The van der Waals surface area contributed by atoms with Crippen LogP contribution in [0, 0.1) is 18.8 Å². The highest BCUT2D eigenvalue weighted by Gasteiger charge is 2.17. The summed E-state index contributed by atoms with van der Waals surface area (Å²) in [5.74, 6) is 1.13. The number of rotatable bonds is 8. The van der Waals surface area contributed by atoms with Gasteiger partial charge in [-0.1, -0.05) is 19.9 Å². The number of methoxy groups -OCH3 is 1. The van der Waals surface area contributed by atoms with Crippen molar-refractivity contribution in [1.29, 1.82) is 0 Å². The highest BCUT2D eigenvalue weighted by Crippen LogP contribution is 2.23. The third kappa shape index (κ3) is 5.29. The molecule has 0 aliphatic carbocycles. The number of carbonyl (C=O) groups is 1. The molecule has 0 saturated heterocycles. The second-order valence-electron chi connectivity index (χ2n) is 5.76. The Bertz CT molecular complexity index is 441. The molecular weight excluding hydrogens is 268 g/mol. The molecule has 1 rings (SSSR count). The first-order chi connectivity index (χ1) is 9.47. The number of Topliss-reactive ketones (excluding diaryl/α,β-unsaturated/α-hetero) is 1. The summed E-state index contributed by atoms with van der Waals surface area (Å²) in [6.07, 6.45) is 3.66. The Morgan fingerprint density at radius 2 is 2.05 bits per heavy atom. The molecule has 0 fully saturated rings. The molecule has 0 unspecified atom stereocenters. The van der Waals surface area contributed by atoms with Crippen LogP contribution >= 0.6 is 11.8 Å². The Hall–Kier alpha value is -0.800. The van der Waals surface area contributed by atoms with E-state index in [1.165, 1.54) is 10.5 Å². The average molecular weight is 294 g/mol. The van der Waals surface area contributed by atoms with Crippen LogP contribution in [0.2, 0.25) is 0 Å². The summed E-state index contributed by atoms with van der Waals surface area (Å²) >= 11 is 1.71. The van der Waals surface area contributed by atoms with Gasteiger partial charge in [0.05, 0.1) is 0 Å². The number of carbonyl (C=O) groups excluding carboxylic acids is 1. The number of benzene rings is 1. The first-order valence-electron chi connectivity index (χ1n) is 7.14. The standard InChI is InChI=1S/C17H26O2S/c1-12(2)8-14(11-19-4)10-16(18)15-6-7-17(20-5)13(3)9-15/h6-7,9,12,14H,8,10-11H2,1-5H3/t14-/m0/s1. The van der Waals surface area contributed by atoms with Crippen molar-refractivity contribution in [3.05, 3.63) is 29.3 Å². The molecule has 0 heterocycles. The Morgan fingerprint density at radius 1 is 1.35 bits per heavy atom. The fourth-order valence-electron chi connectivity index (χ4n) is 2.54. The van der Waals surface area contributed by atoms with Crippen molar-refractivity contribution in [2.45, 2.75) is 38.5 Å². The third-order valence-electron chi connectivity index (χ3n) is 3.40. The van der Waals surface area contributed by atoms with Gasteiger partial charge in [0.1, 0.15) is 0 Å². The summed E-state index contributed by atoms with van der Waals surface area (Å²) < 4.78 is 5.25. The van der Waals surface area contributed by atoms with Gasteiger partial charge < -0.3 is 4.74 Å². The number of thioether (sulfide) groups is 1. The van der Waals surface area contributed by atoms with E-state index in [9.17, 15) is 4.79 Å². The van der Waals surface area contributed by atoms with Crippen molar-refractivity contribution in [2.24, 2.45) is 11.8 Å². The lowest BCUT2D eigenvalue weighted by Crippen LogP contribution is -2.16. The van der Waals surface area contributed by atoms with E-state index in [1.54, 1.807) is 18.9 Å². The smallest absolute Gasteiger partial charge is 0.163 e. The van der Waals surface area contributed by atoms with Crippen molar-refractivity contribution in [3.63, 3.8) is 0 Å². The van der Waals surface area contributed by atoms with Crippen LogP contribution in [0.15, 0.2) is 23.1 Å². The van der Waals surface area contributed by atoms with Gasteiger partial charge in [0, 0.05) is 30.6 Å². The Morgan fingerprint density at radius 3 is 2.55 bits per heavy atom. The Kier molecular flexibility index (Phi) is 7.31. The molecule has 0 saturated carbocycles. The van der Waals surface area contributed by atoms with Crippen LogP contribution < -0.4 is 0 Å². The molecule has 0 radical (unpaired) electrons. The van der Waals surface area contributed by atoms with Crippen molar-refractivity contribution < 1.29 is 9.53 Å². The van der Waals surface area contributed by atoms with Gasteiger partial charge in [0.15, 0.2) is 5.78 Å². The first-order valence-corrected chi connectivity index (χ1v) is 8.37. The molecule has 0 aliphatic rings. The largest absolute Gasteiger partial charge is 0.384 e. The maximum absolute atomic E-state index is 12.4. The fourth-order valence-corrected chi connectivity index (χ4v) is 3.13. The lowest BCUT2D eigenvalue weighted by molar-refractivity contribution is 0.0886. The number of hydrogen-bond acceptors (Lipinski definition) is 3. The molecule has 3 heteroatoms. The highest BCUT2D eigenvalue weighted by molar-refractivity contribution is 7.98. The molecule has 112 valence electrons. The van der Waals surface area contributed by atoms with E-state index in [2.05, 4.69) is 27.0 Å². The number of ketones is 1. The zero-order valence-electron chi connectivity index (χ0n) is 13.2. The molecule has 0 amide bonds. The van der Waals surface area contributed by atoms with Crippen LogP contribution in [0.4, 0.5) is 0 Å². The van der Waals surface area contributed by atoms with Gasteiger partial charge in [-0.3, -0.25) is 4.79 Å². The minimum atomic E-state index is 0.225. The maximum Gasteiger partial charge on any atom is 0.163 e. The van der Waals surface area contributed by atoms with Gasteiger partial charge in [-0.05, 0) is 49.1 Å². The number of ether oxygens (including phenoxy) is 1. The molecular formula is C17H26O2S. The van der Waals surface area contributed by atoms with Crippen LogP contribution in [-0.2, 0) is 4.74 Å². The molecule has 20 heavy (non-hydrogen) atoms. The predicted octanol–water partition coefficient (Wildman–Crippen LogP) is 4.60. The Balaban J connectivity index is 2.75. The predicted molar refractivity (Wildman–Crippen MR) is 86.7 cm³/mol. The minimum absolute atomic E-state index is 0.225. The van der Waals surface area contributed by atoms with Crippen molar-refractivity contribution in [3.8, 4) is 0 Å². The van der Waals surface area contributed by atoms with Crippen LogP contribution in [-0.4, -0.2) is 25.8 Å². The van der Waals surface area contributed by atoms with Crippen molar-refractivity contribution in [2.75, 3.05) is 20.0 Å². The second kappa shape index (κ2) is 8.48. The minimum Gasteiger partial charge on any atom is -0.384 e. The van der Waals surface area contributed by atoms with E-state index in [1.807, 2.05) is 18.2 Å². The van der Waals surface area contributed by atoms with Crippen LogP contribution in [0.5, 0.6) is 0 Å². The zero-order valence-corrected chi connectivity index (χ0v) is 14.0. The van der Waals surface area contributed by atoms with Gasteiger partial charge in [-0.15, -0.1) is 11.8 Å². The Labute approximate surface area is 127 Å². The third-order valence-corrected chi connectivity index (χ3v) is 4.30. The number of hydrogen-bond donors (Lipinski definition) is 0. The fraction of sp³-hybridized carbons (Fsp3) is 0.588. The van der Waals surface area contributed by atoms with Gasteiger partial charge in [-0.2, -0.15) is 0 Å². The molecule has 1 aromatic rings. The van der Waals surface area contributed by atoms with Crippen LogP contribution in [0.25, 0.3) is 0 Å².